The smallest absolute Gasteiger partial charge is 0.164 e. The third kappa shape index (κ3) is 4.87. The predicted octanol–water partition coefficient (Wildman–Crippen LogP) is 13.4. The highest BCUT2D eigenvalue weighted by Crippen LogP contribution is 2.62. The highest BCUT2D eigenvalue weighted by molar-refractivity contribution is 6.05. The maximum absolute atomic E-state index is 6.27. The molecular formula is C55H37N3O. The number of hydrogen-bond acceptors (Lipinski definition) is 4. The Hall–Kier alpha value is -7.43. The number of rotatable bonds is 4. The van der Waals surface area contributed by atoms with Gasteiger partial charge in [-0.3, -0.25) is 0 Å². The van der Waals surface area contributed by atoms with Crippen LogP contribution in [-0.4, -0.2) is 15.0 Å². The molecule has 4 nitrogen and oxygen atoms in total. The van der Waals surface area contributed by atoms with Crippen LogP contribution in [0, 0.1) is 0 Å². The van der Waals surface area contributed by atoms with E-state index in [2.05, 4.69) is 147 Å². The first kappa shape index (κ1) is 33.7. The minimum Gasteiger partial charge on any atom is -0.456 e. The molecule has 10 aromatic rings. The fourth-order valence-corrected chi connectivity index (χ4v) is 10.1. The van der Waals surface area contributed by atoms with E-state index in [0.717, 1.165) is 49.8 Å². The van der Waals surface area contributed by atoms with Gasteiger partial charge in [0, 0.05) is 32.9 Å². The number of nitrogens with zero attached hydrogens (tertiary/aromatic N) is 3. The Morgan fingerprint density at radius 2 is 0.847 bits per heavy atom. The van der Waals surface area contributed by atoms with Gasteiger partial charge in [0.05, 0.1) is 5.41 Å². The van der Waals surface area contributed by atoms with Gasteiger partial charge in [-0.15, -0.1) is 0 Å². The molecule has 2 aromatic heterocycles. The van der Waals surface area contributed by atoms with Crippen LogP contribution in [0.4, 0.5) is 0 Å². The third-order valence-electron chi connectivity index (χ3n) is 12.8. The van der Waals surface area contributed by atoms with E-state index in [-0.39, 0.29) is 5.41 Å². The maximum Gasteiger partial charge on any atom is 0.164 e. The fraction of sp³-hybridized carbons (Fsp3) is 0.0727. The molecule has 12 rings (SSSR count). The van der Waals surface area contributed by atoms with Crippen LogP contribution < -0.4 is 0 Å². The van der Waals surface area contributed by atoms with E-state index in [9.17, 15) is 0 Å². The second kappa shape index (κ2) is 12.5. The van der Waals surface area contributed by atoms with Crippen LogP contribution in [0.15, 0.2) is 192 Å². The van der Waals surface area contributed by atoms with Crippen molar-refractivity contribution in [3.05, 3.63) is 221 Å². The van der Waals surface area contributed by atoms with Crippen LogP contribution in [0.2, 0.25) is 0 Å². The van der Waals surface area contributed by atoms with Crippen molar-refractivity contribution in [3.8, 4) is 56.4 Å². The molecule has 0 N–H and O–H groups in total. The molecule has 4 heteroatoms. The summed E-state index contributed by atoms with van der Waals surface area (Å²) in [4.78, 5) is 15.2. The Balaban J connectivity index is 1.01. The van der Waals surface area contributed by atoms with Crippen molar-refractivity contribution < 1.29 is 4.42 Å². The van der Waals surface area contributed by atoms with E-state index in [1.54, 1.807) is 0 Å². The average Bonchev–Trinajstić information content (AvgIpc) is 3.82. The molecule has 0 atom stereocenters. The minimum atomic E-state index is -0.421. The Bertz CT molecular complexity index is 3270. The van der Waals surface area contributed by atoms with Gasteiger partial charge in [0.25, 0.3) is 0 Å². The van der Waals surface area contributed by atoms with E-state index >= 15 is 0 Å². The second-order valence-corrected chi connectivity index (χ2v) is 16.3. The molecule has 1 spiro atoms. The zero-order valence-electron chi connectivity index (χ0n) is 32.6. The van der Waals surface area contributed by atoms with Crippen molar-refractivity contribution in [3.63, 3.8) is 0 Å². The van der Waals surface area contributed by atoms with Crippen molar-refractivity contribution in [2.24, 2.45) is 0 Å². The van der Waals surface area contributed by atoms with Crippen molar-refractivity contribution in [1.82, 2.24) is 15.0 Å². The summed E-state index contributed by atoms with van der Waals surface area (Å²) in [5.41, 5.74) is 16.8. The Morgan fingerprint density at radius 1 is 0.339 bits per heavy atom. The highest BCUT2D eigenvalue weighted by Gasteiger charge is 2.53. The molecule has 8 aromatic carbocycles. The zero-order chi connectivity index (χ0) is 39.3. The summed E-state index contributed by atoms with van der Waals surface area (Å²) in [6.07, 6.45) is 0. The Kier molecular flexibility index (Phi) is 7.16. The number of aromatic nitrogens is 3. The predicted molar refractivity (Wildman–Crippen MR) is 238 cm³/mol. The number of furan rings is 1. The maximum atomic E-state index is 6.27. The van der Waals surface area contributed by atoms with Gasteiger partial charge < -0.3 is 4.42 Å². The van der Waals surface area contributed by atoms with Gasteiger partial charge in [-0.2, -0.15) is 0 Å². The average molecular weight is 756 g/mol. The van der Waals surface area contributed by atoms with Gasteiger partial charge in [0.1, 0.15) is 11.2 Å². The van der Waals surface area contributed by atoms with Gasteiger partial charge in [0.15, 0.2) is 17.5 Å². The summed E-state index contributed by atoms with van der Waals surface area (Å²) in [6.45, 7) is 4.74. The fourth-order valence-electron chi connectivity index (χ4n) is 10.1. The molecule has 278 valence electrons. The van der Waals surface area contributed by atoms with Crippen LogP contribution in [-0.2, 0) is 10.8 Å². The van der Waals surface area contributed by atoms with Crippen LogP contribution in [0.1, 0.15) is 47.2 Å². The summed E-state index contributed by atoms with van der Waals surface area (Å²) in [5, 5.41) is 2.16. The van der Waals surface area contributed by atoms with Crippen molar-refractivity contribution in [2.45, 2.75) is 24.7 Å². The lowest BCUT2D eigenvalue weighted by Gasteiger charge is -2.46. The summed E-state index contributed by atoms with van der Waals surface area (Å²) < 4.78 is 6.27. The minimum absolute atomic E-state index is 0.133. The number of benzene rings is 8. The van der Waals surface area contributed by atoms with Gasteiger partial charge in [-0.1, -0.05) is 172 Å². The third-order valence-corrected chi connectivity index (χ3v) is 12.8. The van der Waals surface area contributed by atoms with E-state index in [1.807, 2.05) is 54.6 Å². The van der Waals surface area contributed by atoms with Crippen molar-refractivity contribution in [1.29, 1.82) is 0 Å². The normalized spacial score (nSPS) is 14.2. The standard InChI is InChI=1S/C55H37N3O/c1-54(2)45-22-9-11-24-47(45)55(48-25-12-10-23-46(48)54)43-21-8-6-19-39(43)42-32-36(28-30-44(42)55)35-17-14-18-37(31-35)52-56-51(34-15-4-3-5-16-34)57-53(58-52)38-27-29-41-40-20-7-13-26-49(40)59-50(41)33-38/h3-33H,1-2H3. The molecule has 0 amide bonds. The lowest BCUT2D eigenvalue weighted by atomic mass is 9.55. The van der Waals surface area contributed by atoms with E-state index in [1.165, 1.54) is 44.5 Å². The van der Waals surface area contributed by atoms with Crippen molar-refractivity contribution >= 4 is 21.9 Å². The second-order valence-electron chi connectivity index (χ2n) is 16.3. The Morgan fingerprint density at radius 3 is 1.59 bits per heavy atom. The van der Waals surface area contributed by atoms with E-state index < -0.39 is 5.41 Å². The molecule has 0 saturated carbocycles. The van der Waals surface area contributed by atoms with E-state index in [4.69, 9.17) is 19.4 Å². The lowest BCUT2D eigenvalue weighted by molar-refractivity contribution is 0.563. The molecule has 2 aliphatic rings. The quantitative estimate of drug-likeness (QED) is 0.179. The molecule has 0 saturated heterocycles. The van der Waals surface area contributed by atoms with Gasteiger partial charge >= 0.3 is 0 Å². The summed E-state index contributed by atoms with van der Waals surface area (Å²) in [5.74, 6) is 1.83. The van der Waals surface area contributed by atoms with Gasteiger partial charge in [0.2, 0.25) is 0 Å². The largest absolute Gasteiger partial charge is 0.456 e. The molecule has 2 heterocycles. The SMILES string of the molecule is CC1(C)c2ccccc2C2(c3ccccc3-c3cc(-c4cccc(-c5nc(-c6ccccc6)nc(-c6ccc7c(c6)oc6ccccc67)n5)c4)ccc32)c2ccccc21. The monoisotopic (exact) mass is 755 g/mol. The van der Waals surface area contributed by atoms with Crippen LogP contribution in [0.25, 0.3) is 78.4 Å². The van der Waals surface area contributed by atoms with Crippen LogP contribution in [0.5, 0.6) is 0 Å². The first-order valence-electron chi connectivity index (χ1n) is 20.3. The molecule has 0 radical (unpaired) electrons. The Labute approximate surface area is 342 Å². The highest BCUT2D eigenvalue weighted by atomic mass is 16.3. The van der Waals surface area contributed by atoms with E-state index in [0.29, 0.717) is 17.5 Å². The summed E-state index contributed by atoms with van der Waals surface area (Å²) >= 11 is 0. The molecule has 0 aliphatic heterocycles. The topological polar surface area (TPSA) is 51.8 Å². The van der Waals surface area contributed by atoms with Gasteiger partial charge in [-0.05, 0) is 86.0 Å². The number of para-hydroxylation sites is 1. The van der Waals surface area contributed by atoms with Crippen LogP contribution >= 0.6 is 0 Å². The molecular weight excluding hydrogens is 719 g/mol. The molecule has 0 fully saturated rings. The molecule has 59 heavy (non-hydrogen) atoms. The summed E-state index contributed by atoms with van der Waals surface area (Å²) in [7, 11) is 0. The lowest BCUT2D eigenvalue weighted by Crippen LogP contribution is -2.40. The molecule has 0 bridgehead atoms. The first-order valence-corrected chi connectivity index (χ1v) is 20.3. The molecule has 2 aliphatic carbocycles. The van der Waals surface area contributed by atoms with Crippen LogP contribution in [0.3, 0.4) is 0 Å². The molecule has 0 unspecified atom stereocenters. The van der Waals surface area contributed by atoms with Gasteiger partial charge in [-0.25, -0.2) is 15.0 Å². The van der Waals surface area contributed by atoms with Crippen molar-refractivity contribution in [2.75, 3.05) is 0 Å². The summed E-state index contributed by atoms with van der Waals surface area (Å²) in [6, 6.07) is 67.3. The number of fused-ring (bicyclic) bond motifs is 12. The first-order chi connectivity index (χ1) is 29.0. The zero-order valence-corrected chi connectivity index (χ0v) is 32.6. The number of hydrogen-bond donors (Lipinski definition) is 0.